The van der Waals surface area contributed by atoms with E-state index in [0.717, 1.165) is 21.7 Å². The van der Waals surface area contributed by atoms with Gasteiger partial charge >= 0.3 is 0 Å². The lowest BCUT2D eigenvalue weighted by atomic mass is 10.1. The third-order valence-corrected chi connectivity index (χ3v) is 4.41. The summed E-state index contributed by atoms with van der Waals surface area (Å²) in [7, 11) is 0. The monoisotopic (exact) mass is 283 g/mol. The Labute approximate surface area is 100 Å². The molecule has 2 aromatic heterocycles. The van der Waals surface area contributed by atoms with Crippen molar-refractivity contribution in [1.82, 2.24) is 14.6 Å². The van der Waals surface area contributed by atoms with Gasteiger partial charge < -0.3 is 0 Å². The summed E-state index contributed by atoms with van der Waals surface area (Å²) in [6.45, 7) is 0. The van der Waals surface area contributed by atoms with Crippen LogP contribution in [-0.2, 0) is 0 Å². The molecule has 0 aliphatic carbocycles. The maximum Gasteiger partial charge on any atom is 0.169 e. The Balaban J connectivity index is 2.09. The molecule has 3 nitrogen and oxygen atoms in total. The first-order valence-electron chi connectivity index (χ1n) is 4.93. The lowest BCUT2D eigenvalue weighted by molar-refractivity contribution is 0.713. The highest BCUT2D eigenvalue weighted by Gasteiger charge is 2.22. The molecule has 0 aromatic carbocycles. The molecular formula is C10H10BrN3S. The number of rotatable bonds is 1. The van der Waals surface area contributed by atoms with Crippen LogP contribution < -0.4 is 0 Å². The molecule has 0 saturated carbocycles. The van der Waals surface area contributed by atoms with Gasteiger partial charge in [0.1, 0.15) is 0 Å². The van der Waals surface area contributed by atoms with Crippen LogP contribution in [0.15, 0.2) is 22.8 Å². The highest BCUT2D eigenvalue weighted by atomic mass is 79.9. The quantitative estimate of drug-likeness (QED) is 0.806. The van der Waals surface area contributed by atoms with E-state index < -0.39 is 0 Å². The van der Waals surface area contributed by atoms with Crippen molar-refractivity contribution in [1.29, 1.82) is 0 Å². The second-order valence-electron chi connectivity index (χ2n) is 3.65. The third kappa shape index (κ3) is 1.67. The summed E-state index contributed by atoms with van der Waals surface area (Å²) in [5.41, 5.74) is 0.921. The number of aromatic nitrogens is 3. The lowest BCUT2D eigenvalue weighted by Crippen LogP contribution is -1.99. The fourth-order valence-electron chi connectivity index (χ4n) is 1.80. The summed E-state index contributed by atoms with van der Waals surface area (Å²) < 4.78 is 2.86. The SMILES string of the molecule is Brc1cccn2nc(C3CCSC3)nc12. The molecule has 1 unspecified atom stereocenters. The van der Waals surface area contributed by atoms with Gasteiger partial charge in [0.15, 0.2) is 11.5 Å². The minimum Gasteiger partial charge on any atom is -0.220 e. The van der Waals surface area contributed by atoms with Gasteiger partial charge in [-0.1, -0.05) is 0 Å². The molecule has 3 heterocycles. The first kappa shape index (κ1) is 9.66. The molecule has 1 fully saturated rings. The smallest absolute Gasteiger partial charge is 0.169 e. The Morgan fingerprint density at radius 3 is 3.20 bits per heavy atom. The third-order valence-electron chi connectivity index (χ3n) is 2.63. The van der Waals surface area contributed by atoms with Gasteiger partial charge in [-0.2, -0.15) is 16.9 Å². The van der Waals surface area contributed by atoms with Gasteiger partial charge in [0.05, 0.1) is 4.47 Å². The average Bonchev–Trinajstić information content (AvgIpc) is 2.86. The average molecular weight is 284 g/mol. The summed E-state index contributed by atoms with van der Waals surface area (Å²) in [5, 5.41) is 4.52. The second-order valence-corrected chi connectivity index (χ2v) is 5.66. The normalized spacial score (nSPS) is 21.3. The molecule has 15 heavy (non-hydrogen) atoms. The summed E-state index contributed by atoms with van der Waals surface area (Å²) in [5.74, 6) is 3.93. The molecule has 1 aliphatic heterocycles. The van der Waals surface area contributed by atoms with Gasteiger partial charge in [0, 0.05) is 17.9 Å². The van der Waals surface area contributed by atoms with Gasteiger partial charge in [-0.25, -0.2) is 9.50 Å². The van der Waals surface area contributed by atoms with E-state index in [1.165, 1.54) is 12.2 Å². The molecule has 0 bridgehead atoms. The van der Waals surface area contributed by atoms with E-state index in [0.29, 0.717) is 5.92 Å². The fraction of sp³-hybridized carbons (Fsp3) is 0.400. The van der Waals surface area contributed by atoms with E-state index in [-0.39, 0.29) is 0 Å². The van der Waals surface area contributed by atoms with Crippen molar-refractivity contribution in [3.8, 4) is 0 Å². The Kier molecular flexibility index (Phi) is 2.44. The van der Waals surface area contributed by atoms with Crippen molar-refractivity contribution in [2.75, 3.05) is 11.5 Å². The molecule has 1 saturated heterocycles. The van der Waals surface area contributed by atoms with Gasteiger partial charge in [0.2, 0.25) is 0 Å². The first-order chi connectivity index (χ1) is 7.34. The Morgan fingerprint density at radius 2 is 2.47 bits per heavy atom. The number of hydrogen-bond donors (Lipinski definition) is 0. The number of pyridine rings is 1. The molecule has 2 aromatic rings. The van der Waals surface area contributed by atoms with E-state index >= 15 is 0 Å². The van der Waals surface area contributed by atoms with Crippen LogP contribution in [0.5, 0.6) is 0 Å². The van der Waals surface area contributed by atoms with Crippen molar-refractivity contribution in [2.24, 2.45) is 0 Å². The molecule has 0 radical (unpaired) electrons. The zero-order valence-corrected chi connectivity index (χ0v) is 10.5. The summed E-state index contributed by atoms with van der Waals surface area (Å²) in [4.78, 5) is 4.59. The van der Waals surface area contributed by atoms with Crippen LogP contribution in [0.2, 0.25) is 0 Å². The first-order valence-corrected chi connectivity index (χ1v) is 6.88. The molecular weight excluding hydrogens is 274 g/mol. The minimum atomic E-state index is 0.543. The molecule has 0 amide bonds. The number of fused-ring (bicyclic) bond motifs is 1. The van der Waals surface area contributed by atoms with E-state index in [9.17, 15) is 0 Å². The van der Waals surface area contributed by atoms with Gasteiger partial charge in [-0.15, -0.1) is 0 Å². The molecule has 78 valence electrons. The highest BCUT2D eigenvalue weighted by Crippen LogP contribution is 2.31. The second kappa shape index (κ2) is 3.79. The number of hydrogen-bond acceptors (Lipinski definition) is 3. The Bertz CT molecular complexity index is 490. The molecule has 1 atom stereocenters. The molecule has 0 N–H and O–H groups in total. The van der Waals surface area contributed by atoms with Crippen LogP contribution >= 0.6 is 27.7 Å². The van der Waals surface area contributed by atoms with Crippen LogP contribution in [0.1, 0.15) is 18.2 Å². The summed E-state index contributed by atoms with van der Waals surface area (Å²) in [6, 6.07) is 3.97. The van der Waals surface area contributed by atoms with Crippen LogP contribution in [0.4, 0.5) is 0 Å². The predicted molar refractivity (Wildman–Crippen MR) is 65.4 cm³/mol. The zero-order valence-electron chi connectivity index (χ0n) is 8.06. The molecule has 3 rings (SSSR count). The Morgan fingerprint density at radius 1 is 1.53 bits per heavy atom. The topological polar surface area (TPSA) is 30.2 Å². The number of nitrogens with zero attached hydrogens (tertiary/aromatic N) is 3. The van der Waals surface area contributed by atoms with E-state index in [2.05, 4.69) is 26.0 Å². The van der Waals surface area contributed by atoms with Crippen LogP contribution in [-0.4, -0.2) is 26.1 Å². The highest BCUT2D eigenvalue weighted by molar-refractivity contribution is 9.10. The van der Waals surface area contributed by atoms with E-state index in [4.69, 9.17) is 0 Å². The van der Waals surface area contributed by atoms with Gasteiger partial charge in [0.25, 0.3) is 0 Å². The van der Waals surface area contributed by atoms with E-state index in [1.807, 2.05) is 34.6 Å². The van der Waals surface area contributed by atoms with Crippen molar-refractivity contribution in [3.63, 3.8) is 0 Å². The van der Waals surface area contributed by atoms with Crippen molar-refractivity contribution < 1.29 is 0 Å². The van der Waals surface area contributed by atoms with Crippen LogP contribution in [0.25, 0.3) is 5.65 Å². The minimum absolute atomic E-state index is 0.543. The van der Waals surface area contributed by atoms with E-state index in [1.54, 1.807) is 0 Å². The van der Waals surface area contributed by atoms with Crippen LogP contribution in [0.3, 0.4) is 0 Å². The summed E-state index contributed by atoms with van der Waals surface area (Å²) in [6.07, 6.45) is 3.15. The fourth-order valence-corrected chi connectivity index (χ4v) is 3.44. The standard InChI is InChI=1S/C10H10BrN3S/c11-8-2-1-4-14-10(8)12-9(13-14)7-3-5-15-6-7/h1-2,4,7H,3,5-6H2. The van der Waals surface area contributed by atoms with Crippen molar-refractivity contribution >= 4 is 33.3 Å². The number of thioether (sulfide) groups is 1. The molecule has 0 spiro atoms. The van der Waals surface area contributed by atoms with Crippen molar-refractivity contribution in [3.05, 3.63) is 28.6 Å². The summed E-state index contributed by atoms with van der Waals surface area (Å²) >= 11 is 5.48. The predicted octanol–water partition coefficient (Wildman–Crippen LogP) is 2.71. The van der Waals surface area contributed by atoms with Crippen molar-refractivity contribution in [2.45, 2.75) is 12.3 Å². The zero-order chi connectivity index (χ0) is 10.3. The molecule has 1 aliphatic rings. The lowest BCUT2D eigenvalue weighted by Gasteiger charge is -1.99. The number of halogens is 1. The van der Waals surface area contributed by atoms with Gasteiger partial charge in [-0.3, -0.25) is 0 Å². The van der Waals surface area contributed by atoms with Gasteiger partial charge in [-0.05, 0) is 40.2 Å². The molecule has 5 heteroatoms. The Hall–Kier alpha value is -0.550. The maximum atomic E-state index is 4.59. The largest absolute Gasteiger partial charge is 0.220 e. The maximum absolute atomic E-state index is 4.59. The van der Waals surface area contributed by atoms with Crippen LogP contribution in [0, 0.1) is 0 Å².